The van der Waals surface area contributed by atoms with Crippen LogP contribution in [0.3, 0.4) is 0 Å². The fourth-order valence-electron chi connectivity index (χ4n) is 3.49. The van der Waals surface area contributed by atoms with Gasteiger partial charge in [-0.1, -0.05) is 0 Å². The number of rotatable bonds is 5. The van der Waals surface area contributed by atoms with E-state index in [1.54, 1.807) is 0 Å². The standard InChI is InChI=1S/C18H32N4O2/c1-12(2)23-15-19-14(20-16(21-15)24-13(3)4)22-17(5,6)10-9-11-18(22,7)8/h12-13H,9-11H2,1-8H3. The lowest BCUT2D eigenvalue weighted by Crippen LogP contribution is -2.59. The van der Waals surface area contributed by atoms with Gasteiger partial charge in [0.05, 0.1) is 12.2 Å². The second-order valence-corrected chi connectivity index (χ2v) is 8.35. The molecule has 0 amide bonds. The first-order chi connectivity index (χ1) is 11.0. The zero-order valence-corrected chi connectivity index (χ0v) is 16.4. The van der Waals surface area contributed by atoms with Gasteiger partial charge < -0.3 is 14.4 Å². The molecule has 0 radical (unpaired) electrons. The Morgan fingerprint density at radius 3 is 1.58 bits per heavy atom. The summed E-state index contributed by atoms with van der Waals surface area (Å²) in [5.74, 6) is 0.631. The molecule has 24 heavy (non-hydrogen) atoms. The van der Waals surface area contributed by atoms with Crippen molar-refractivity contribution in [3.63, 3.8) is 0 Å². The summed E-state index contributed by atoms with van der Waals surface area (Å²) < 4.78 is 11.5. The summed E-state index contributed by atoms with van der Waals surface area (Å²) in [7, 11) is 0. The molecule has 2 heterocycles. The maximum absolute atomic E-state index is 5.74. The molecule has 2 rings (SSSR count). The van der Waals surface area contributed by atoms with E-state index in [0.29, 0.717) is 18.0 Å². The van der Waals surface area contributed by atoms with Crippen molar-refractivity contribution < 1.29 is 9.47 Å². The van der Waals surface area contributed by atoms with Crippen LogP contribution >= 0.6 is 0 Å². The summed E-state index contributed by atoms with van der Waals surface area (Å²) in [6.45, 7) is 16.8. The third kappa shape index (κ3) is 4.28. The average Bonchev–Trinajstić information content (AvgIpc) is 2.33. The number of hydrogen-bond acceptors (Lipinski definition) is 6. The first kappa shape index (κ1) is 18.7. The number of aromatic nitrogens is 3. The molecule has 0 saturated carbocycles. The summed E-state index contributed by atoms with van der Waals surface area (Å²) in [6.07, 6.45) is 3.39. The third-order valence-electron chi connectivity index (χ3n) is 4.25. The minimum Gasteiger partial charge on any atom is -0.461 e. The Balaban J connectivity index is 2.49. The zero-order chi connectivity index (χ0) is 18.1. The van der Waals surface area contributed by atoms with Crippen molar-refractivity contribution in [2.75, 3.05) is 4.90 Å². The first-order valence-corrected chi connectivity index (χ1v) is 8.91. The Morgan fingerprint density at radius 1 is 0.792 bits per heavy atom. The van der Waals surface area contributed by atoms with E-state index < -0.39 is 0 Å². The smallest absolute Gasteiger partial charge is 0.324 e. The first-order valence-electron chi connectivity index (χ1n) is 8.91. The van der Waals surface area contributed by atoms with Gasteiger partial charge >= 0.3 is 12.0 Å². The summed E-state index contributed by atoms with van der Waals surface area (Å²) >= 11 is 0. The molecule has 0 aliphatic carbocycles. The van der Waals surface area contributed by atoms with Crippen LogP contribution in [-0.2, 0) is 0 Å². The highest BCUT2D eigenvalue weighted by Gasteiger charge is 2.43. The quantitative estimate of drug-likeness (QED) is 0.810. The molecular formula is C18H32N4O2. The number of ether oxygens (including phenoxy) is 2. The molecule has 0 aromatic carbocycles. The molecule has 0 unspecified atom stereocenters. The van der Waals surface area contributed by atoms with Crippen molar-refractivity contribution >= 4 is 5.95 Å². The van der Waals surface area contributed by atoms with Crippen LogP contribution in [0.15, 0.2) is 0 Å². The SMILES string of the molecule is CC(C)Oc1nc(OC(C)C)nc(N2C(C)(C)CCCC2(C)C)n1. The Labute approximate surface area is 146 Å². The van der Waals surface area contributed by atoms with Gasteiger partial charge in [-0.05, 0) is 74.7 Å². The number of anilines is 1. The second kappa shape index (κ2) is 6.73. The molecule has 1 aliphatic rings. The van der Waals surface area contributed by atoms with Gasteiger partial charge in [-0.15, -0.1) is 4.98 Å². The molecule has 0 N–H and O–H groups in total. The minimum atomic E-state index is -0.0344. The van der Waals surface area contributed by atoms with Gasteiger partial charge in [0.25, 0.3) is 0 Å². The molecule has 6 heteroatoms. The normalized spacial score (nSPS) is 19.7. The largest absolute Gasteiger partial charge is 0.461 e. The summed E-state index contributed by atoms with van der Waals surface area (Å²) in [4.78, 5) is 15.8. The number of nitrogens with zero attached hydrogens (tertiary/aromatic N) is 4. The molecule has 136 valence electrons. The van der Waals surface area contributed by atoms with Gasteiger partial charge in [0, 0.05) is 11.1 Å². The Kier molecular flexibility index (Phi) is 5.25. The molecule has 1 aromatic heterocycles. The molecule has 1 fully saturated rings. The topological polar surface area (TPSA) is 60.4 Å². The molecule has 6 nitrogen and oxygen atoms in total. The lowest BCUT2D eigenvalue weighted by molar-refractivity contribution is 0.192. The van der Waals surface area contributed by atoms with E-state index in [-0.39, 0.29) is 23.3 Å². The molecule has 1 saturated heterocycles. The van der Waals surface area contributed by atoms with Gasteiger partial charge in [0.15, 0.2) is 0 Å². The monoisotopic (exact) mass is 336 g/mol. The van der Waals surface area contributed by atoms with E-state index in [4.69, 9.17) is 9.47 Å². The Bertz CT molecular complexity index is 526. The Morgan fingerprint density at radius 2 is 1.21 bits per heavy atom. The van der Waals surface area contributed by atoms with E-state index in [1.807, 2.05) is 27.7 Å². The van der Waals surface area contributed by atoms with Crippen LogP contribution in [-0.4, -0.2) is 38.2 Å². The molecule has 0 spiro atoms. The molecule has 0 atom stereocenters. The predicted octanol–water partition coefficient (Wildman–Crippen LogP) is 3.99. The van der Waals surface area contributed by atoms with Crippen LogP contribution in [0, 0.1) is 0 Å². The Hall–Kier alpha value is -1.59. The van der Waals surface area contributed by atoms with Gasteiger partial charge in [-0.25, -0.2) is 0 Å². The van der Waals surface area contributed by atoms with Crippen LogP contribution in [0.2, 0.25) is 0 Å². The molecule has 1 aromatic rings. The van der Waals surface area contributed by atoms with E-state index in [0.717, 1.165) is 12.8 Å². The van der Waals surface area contributed by atoms with E-state index >= 15 is 0 Å². The van der Waals surface area contributed by atoms with Crippen molar-refractivity contribution in [2.45, 2.75) is 97.9 Å². The second-order valence-electron chi connectivity index (χ2n) is 8.35. The van der Waals surface area contributed by atoms with Gasteiger partial charge in [0.1, 0.15) is 0 Å². The van der Waals surface area contributed by atoms with Gasteiger partial charge in [-0.3, -0.25) is 0 Å². The van der Waals surface area contributed by atoms with Crippen molar-refractivity contribution in [2.24, 2.45) is 0 Å². The lowest BCUT2D eigenvalue weighted by atomic mass is 9.80. The van der Waals surface area contributed by atoms with Crippen LogP contribution in [0.4, 0.5) is 5.95 Å². The summed E-state index contributed by atoms with van der Waals surface area (Å²) in [5, 5.41) is 0. The highest BCUT2D eigenvalue weighted by molar-refractivity contribution is 5.41. The molecular weight excluding hydrogens is 304 g/mol. The molecule has 1 aliphatic heterocycles. The van der Waals surface area contributed by atoms with Crippen molar-refractivity contribution in [3.8, 4) is 12.0 Å². The minimum absolute atomic E-state index is 0.00507. The van der Waals surface area contributed by atoms with Crippen molar-refractivity contribution in [1.82, 2.24) is 15.0 Å². The van der Waals surface area contributed by atoms with Crippen LogP contribution in [0.25, 0.3) is 0 Å². The van der Waals surface area contributed by atoms with Gasteiger partial charge in [0.2, 0.25) is 5.95 Å². The van der Waals surface area contributed by atoms with Crippen molar-refractivity contribution in [3.05, 3.63) is 0 Å². The number of piperidine rings is 1. The summed E-state index contributed by atoms with van der Waals surface area (Å²) in [6, 6.07) is 0.644. The van der Waals surface area contributed by atoms with E-state index in [2.05, 4.69) is 47.5 Å². The highest BCUT2D eigenvalue weighted by Crippen LogP contribution is 2.41. The lowest BCUT2D eigenvalue weighted by Gasteiger charge is -2.52. The zero-order valence-electron chi connectivity index (χ0n) is 16.4. The molecule has 0 bridgehead atoms. The van der Waals surface area contributed by atoms with Crippen LogP contribution in [0.5, 0.6) is 12.0 Å². The van der Waals surface area contributed by atoms with Crippen LogP contribution in [0.1, 0.15) is 74.7 Å². The fraction of sp³-hybridized carbons (Fsp3) is 0.833. The van der Waals surface area contributed by atoms with E-state index in [9.17, 15) is 0 Å². The van der Waals surface area contributed by atoms with Crippen molar-refractivity contribution in [1.29, 1.82) is 0 Å². The fourth-order valence-corrected chi connectivity index (χ4v) is 3.49. The summed E-state index contributed by atoms with van der Waals surface area (Å²) in [5.41, 5.74) is -0.0688. The number of hydrogen-bond donors (Lipinski definition) is 0. The maximum Gasteiger partial charge on any atom is 0.324 e. The van der Waals surface area contributed by atoms with E-state index in [1.165, 1.54) is 6.42 Å². The maximum atomic E-state index is 5.74. The predicted molar refractivity (Wildman–Crippen MR) is 95.8 cm³/mol. The third-order valence-corrected chi connectivity index (χ3v) is 4.25. The van der Waals surface area contributed by atoms with Crippen LogP contribution < -0.4 is 14.4 Å². The highest BCUT2D eigenvalue weighted by atomic mass is 16.5. The van der Waals surface area contributed by atoms with Gasteiger partial charge in [-0.2, -0.15) is 9.97 Å². The average molecular weight is 336 g/mol.